The van der Waals surface area contributed by atoms with E-state index in [-0.39, 0.29) is 24.2 Å². The highest BCUT2D eigenvalue weighted by molar-refractivity contribution is 5.98. The van der Waals surface area contributed by atoms with Crippen LogP contribution in [0.5, 0.6) is 5.75 Å². The molecule has 23 nitrogen and oxygen atoms in total. The fourth-order valence-corrected chi connectivity index (χ4v) is 7.92. The van der Waals surface area contributed by atoms with E-state index in [1.807, 2.05) is 0 Å². The number of benzene rings is 2. The lowest BCUT2D eigenvalue weighted by Crippen LogP contribution is -2.61. The van der Waals surface area contributed by atoms with E-state index in [2.05, 4.69) is 31.9 Å². The largest absolute Gasteiger partial charge is 0.487 e. The standard InChI is InChI=1S/C51H71N7O16/c1-10-27(4)39-46(66)57-42-33-16-18-34(19-17-33)74-31(8)51(71,25-59)21-20-37(61)52-23-38(62)72-24-35(50(70)73-30(7)41(48(68)54-39)56-44(64)28(5)43(63)26(2)3)53-47(67)40(29(6)60)55-45(65)36(58(9)49(42)69)22-32-14-12-11-13-15-32/h11-21,26-31,35-36,39-43,59-60,63,71H,10,22-25H2,1-9H3,(H,52,61)(H,53,67)(H,54,68)(H,55,65)(H,56,64)(H,57,66)/b21-20-/t27-,28+,29+,30+,31+,35-,36-,39+,40+,41-,42-,43+,51+/m0/s1. The summed E-state index contributed by atoms with van der Waals surface area (Å²) in [6.45, 7) is 9.05. The first-order valence-electron chi connectivity index (χ1n) is 24.4. The molecule has 2 aromatic rings. The van der Waals surface area contributed by atoms with Crippen molar-refractivity contribution in [1.82, 2.24) is 36.8 Å². The van der Waals surface area contributed by atoms with Gasteiger partial charge in [0.05, 0.1) is 24.7 Å². The quantitative estimate of drug-likeness (QED) is 0.122. The molecule has 0 aliphatic carbocycles. The highest BCUT2D eigenvalue weighted by atomic mass is 16.6. The number of aliphatic hydroxyl groups is 4. The summed E-state index contributed by atoms with van der Waals surface area (Å²) >= 11 is 0. The molecule has 0 saturated carbocycles. The van der Waals surface area contributed by atoms with Gasteiger partial charge in [-0.3, -0.25) is 38.4 Å². The summed E-state index contributed by atoms with van der Waals surface area (Å²) in [5.74, 6) is -11.6. The Hall–Kier alpha value is -6.95. The number of likely N-dealkylation sites (N-methyl/N-ethyl adjacent to an activating group) is 1. The first-order valence-corrected chi connectivity index (χ1v) is 24.4. The van der Waals surface area contributed by atoms with Crippen molar-refractivity contribution < 1.29 is 77.8 Å². The predicted molar refractivity (Wildman–Crippen MR) is 264 cm³/mol. The molecule has 5 rings (SSSR count). The zero-order chi connectivity index (χ0) is 55.2. The van der Waals surface area contributed by atoms with E-state index in [9.17, 15) is 58.8 Å². The number of fused-ring (bicyclic) bond motifs is 11. The smallest absolute Gasteiger partial charge is 0.332 e. The van der Waals surface area contributed by atoms with Crippen LogP contribution in [-0.2, 0) is 59.0 Å². The van der Waals surface area contributed by atoms with Crippen LogP contribution in [0.15, 0.2) is 66.7 Å². The van der Waals surface area contributed by atoms with Crippen LogP contribution in [-0.4, -0.2) is 166 Å². The van der Waals surface area contributed by atoms with Crippen LogP contribution in [0.25, 0.3) is 0 Å². The van der Waals surface area contributed by atoms with Crippen molar-refractivity contribution in [3.8, 4) is 5.75 Å². The Labute approximate surface area is 429 Å². The molecule has 406 valence electrons. The van der Waals surface area contributed by atoms with Gasteiger partial charge in [-0.1, -0.05) is 83.5 Å². The lowest BCUT2D eigenvalue weighted by atomic mass is 9.93. The number of nitrogens with one attached hydrogen (secondary N) is 6. The topological polar surface area (TPSA) is 338 Å². The molecule has 3 aliphatic rings. The van der Waals surface area contributed by atoms with E-state index in [1.54, 1.807) is 58.0 Å². The van der Waals surface area contributed by atoms with Crippen LogP contribution in [0, 0.1) is 17.8 Å². The lowest BCUT2D eigenvalue weighted by molar-refractivity contribution is -0.160. The number of esters is 2. The van der Waals surface area contributed by atoms with E-state index in [4.69, 9.17) is 14.2 Å². The summed E-state index contributed by atoms with van der Waals surface area (Å²) in [6, 6.07) is 3.76. The number of carbonyl (C=O) groups is 9. The summed E-state index contributed by atoms with van der Waals surface area (Å²) < 4.78 is 16.9. The van der Waals surface area contributed by atoms with E-state index in [1.165, 1.54) is 52.1 Å². The maximum atomic E-state index is 15.1. The zero-order valence-electron chi connectivity index (χ0n) is 43.0. The van der Waals surface area contributed by atoms with Crippen molar-refractivity contribution in [1.29, 1.82) is 0 Å². The Kier molecular flexibility index (Phi) is 21.6. The van der Waals surface area contributed by atoms with Crippen LogP contribution in [0.1, 0.15) is 79.0 Å². The molecule has 0 radical (unpaired) electrons. The minimum absolute atomic E-state index is 0.0801. The minimum atomic E-state index is -2.19. The number of aliphatic hydroxyl groups excluding tert-OH is 3. The minimum Gasteiger partial charge on any atom is -0.487 e. The highest BCUT2D eigenvalue weighted by Crippen LogP contribution is 2.26. The van der Waals surface area contributed by atoms with E-state index < -0.39 is 157 Å². The van der Waals surface area contributed by atoms with Gasteiger partial charge in [-0.25, -0.2) is 4.79 Å². The van der Waals surface area contributed by atoms with E-state index in [0.717, 1.165) is 24.0 Å². The average Bonchev–Trinajstić information content (AvgIpc) is 3.37. The molecule has 23 heteroatoms. The van der Waals surface area contributed by atoms with E-state index >= 15 is 4.79 Å². The van der Waals surface area contributed by atoms with Gasteiger partial charge in [-0.15, -0.1) is 0 Å². The van der Waals surface area contributed by atoms with Gasteiger partial charge in [0.2, 0.25) is 41.4 Å². The average molecular weight is 1040 g/mol. The van der Waals surface area contributed by atoms with Gasteiger partial charge < -0.3 is 71.4 Å². The van der Waals surface area contributed by atoms with Gasteiger partial charge in [0.1, 0.15) is 66.9 Å². The molecule has 3 heterocycles. The Morgan fingerprint density at radius 2 is 1.45 bits per heavy atom. The van der Waals surface area contributed by atoms with E-state index in [0.29, 0.717) is 5.56 Å². The number of nitrogens with zero attached hydrogens (tertiary/aromatic N) is 1. The molecule has 3 aliphatic heterocycles. The number of hydrogen-bond donors (Lipinski definition) is 10. The third-order valence-electron chi connectivity index (χ3n) is 13.2. The summed E-state index contributed by atoms with van der Waals surface area (Å²) in [5, 5.41) is 58.3. The molecule has 1 saturated heterocycles. The zero-order valence-corrected chi connectivity index (χ0v) is 43.0. The van der Waals surface area contributed by atoms with Gasteiger partial charge in [0.25, 0.3) is 0 Å². The van der Waals surface area contributed by atoms with Gasteiger partial charge in [0, 0.05) is 19.5 Å². The predicted octanol–water partition coefficient (Wildman–Crippen LogP) is -1.40. The maximum Gasteiger partial charge on any atom is 0.332 e. The van der Waals surface area contributed by atoms with Gasteiger partial charge in [-0.2, -0.15) is 0 Å². The fraction of sp³-hybridized carbons (Fsp3) is 0.549. The normalized spacial score (nSPS) is 28.5. The molecule has 10 N–H and O–H groups in total. The summed E-state index contributed by atoms with van der Waals surface area (Å²) in [7, 11) is 1.28. The molecule has 7 amide bonds. The molecule has 2 aromatic carbocycles. The number of carbonyl (C=O) groups excluding carboxylic acids is 9. The third kappa shape index (κ3) is 15.8. The summed E-state index contributed by atoms with van der Waals surface area (Å²) in [4.78, 5) is 128. The lowest BCUT2D eigenvalue weighted by Gasteiger charge is -2.34. The molecule has 0 unspecified atom stereocenters. The maximum absolute atomic E-state index is 15.1. The monoisotopic (exact) mass is 1040 g/mol. The molecule has 13 atom stereocenters. The Morgan fingerprint density at radius 3 is 2.04 bits per heavy atom. The van der Waals surface area contributed by atoms with Crippen LogP contribution < -0.4 is 36.6 Å². The fourth-order valence-electron chi connectivity index (χ4n) is 7.92. The molecule has 0 spiro atoms. The van der Waals surface area contributed by atoms with Crippen LogP contribution >= 0.6 is 0 Å². The second-order valence-electron chi connectivity index (χ2n) is 19.1. The molecule has 4 bridgehead atoms. The van der Waals surface area contributed by atoms with Crippen molar-refractivity contribution in [2.45, 2.75) is 134 Å². The molecule has 74 heavy (non-hydrogen) atoms. The second kappa shape index (κ2) is 26.8. The first-order chi connectivity index (χ1) is 34.8. The Bertz CT molecular complexity index is 2350. The van der Waals surface area contributed by atoms with Gasteiger partial charge in [-0.05, 0) is 61.9 Å². The molecular weight excluding hydrogens is 967 g/mol. The van der Waals surface area contributed by atoms with Gasteiger partial charge >= 0.3 is 11.9 Å². The Balaban J connectivity index is 2.03. The van der Waals surface area contributed by atoms with Crippen molar-refractivity contribution in [2.24, 2.45) is 17.8 Å². The second-order valence-corrected chi connectivity index (χ2v) is 19.1. The van der Waals surface area contributed by atoms with Crippen molar-refractivity contribution in [3.05, 3.63) is 77.9 Å². The first kappa shape index (κ1) is 59.6. The number of rotatable bonds is 10. The number of amides is 7. The van der Waals surface area contributed by atoms with Crippen LogP contribution in [0.4, 0.5) is 0 Å². The van der Waals surface area contributed by atoms with Crippen molar-refractivity contribution >= 4 is 53.3 Å². The van der Waals surface area contributed by atoms with Crippen molar-refractivity contribution in [3.63, 3.8) is 0 Å². The number of cyclic esters (lactones) is 1. The summed E-state index contributed by atoms with van der Waals surface area (Å²) in [5.41, 5.74) is -1.53. The SMILES string of the molecule is CC[C@H](C)[C@H]1NC(=O)[C@@H](NC(=O)[C@H](C)[C@H](O)C(C)C)[C@@H](C)OC(=O)[C@@H]2COC(=O)CNC(=O)/C=C\[C@@](O)(CO)[C@@H](C)Oc3ccc(cc3)[C@H](NC1=O)C(=O)N(C)[C@@H](Cc1ccccc1)C(=O)N[C@H]([C@@H](C)O)C(=O)N2. The number of hydrogen-bond acceptors (Lipinski definition) is 16. The molecule has 0 aromatic heterocycles. The molecular formula is C51H71N7O16. The summed E-state index contributed by atoms with van der Waals surface area (Å²) in [6.07, 6.45) is -3.96. The van der Waals surface area contributed by atoms with Crippen molar-refractivity contribution in [2.75, 3.05) is 26.8 Å². The van der Waals surface area contributed by atoms with Crippen LogP contribution in [0.3, 0.4) is 0 Å². The number of ether oxygens (including phenoxy) is 3. The molecule has 1 fully saturated rings. The highest BCUT2D eigenvalue weighted by Gasteiger charge is 2.42. The van der Waals surface area contributed by atoms with Gasteiger partial charge in [0.15, 0.2) is 6.04 Å². The van der Waals surface area contributed by atoms with Crippen LogP contribution in [0.2, 0.25) is 0 Å². The Morgan fingerprint density at radius 1 is 0.824 bits per heavy atom. The third-order valence-corrected chi connectivity index (χ3v) is 13.2.